The smallest absolute Gasteiger partial charge is 0.249 e. The number of hydrogen-bond donors (Lipinski definition) is 2. The summed E-state index contributed by atoms with van der Waals surface area (Å²) in [5.41, 5.74) is 5.36. The molecule has 0 spiro atoms. The second-order valence-electron chi connectivity index (χ2n) is 3.60. The van der Waals surface area contributed by atoms with Crippen LogP contribution in [0.5, 0.6) is 0 Å². The van der Waals surface area contributed by atoms with Crippen LogP contribution in [0.15, 0.2) is 41.3 Å². The van der Waals surface area contributed by atoms with Crippen molar-refractivity contribution in [3.05, 3.63) is 42.0 Å². The molecule has 0 radical (unpaired) electrons. The number of fused-ring (bicyclic) bond motifs is 1. The maximum absolute atomic E-state index is 11.3. The lowest BCUT2D eigenvalue weighted by molar-refractivity contribution is 0.100. The van der Waals surface area contributed by atoms with Crippen molar-refractivity contribution < 1.29 is 13.2 Å². The first-order valence-corrected chi connectivity index (χ1v) is 6.29. The molecule has 0 atom stereocenters. The van der Waals surface area contributed by atoms with E-state index in [-0.39, 0.29) is 10.5 Å². The lowest BCUT2D eigenvalue weighted by atomic mass is 10.0. The Hall–Kier alpha value is -1.92. The van der Waals surface area contributed by atoms with Gasteiger partial charge in [0.2, 0.25) is 15.9 Å². The van der Waals surface area contributed by atoms with Crippen molar-refractivity contribution >= 4 is 26.7 Å². The van der Waals surface area contributed by atoms with Crippen LogP contribution in [0.4, 0.5) is 0 Å². The zero-order valence-corrected chi connectivity index (χ0v) is 9.57. The molecule has 0 bridgehead atoms. The van der Waals surface area contributed by atoms with Gasteiger partial charge in [0.15, 0.2) is 0 Å². The number of carbonyl (C=O) groups is 1. The number of benzene rings is 2. The molecule has 2 rings (SSSR count). The highest BCUT2D eigenvalue weighted by Gasteiger charge is 2.14. The van der Waals surface area contributed by atoms with Crippen LogP contribution in [0.1, 0.15) is 10.4 Å². The summed E-state index contributed by atoms with van der Waals surface area (Å²) in [6, 6.07) is 9.47. The highest BCUT2D eigenvalue weighted by molar-refractivity contribution is 7.89. The predicted octanol–water partition coefficient (Wildman–Crippen LogP) is 0.586. The van der Waals surface area contributed by atoms with Crippen LogP contribution in [-0.2, 0) is 10.0 Å². The molecule has 0 aliphatic heterocycles. The van der Waals surface area contributed by atoms with Gasteiger partial charge in [0.25, 0.3) is 0 Å². The van der Waals surface area contributed by atoms with Gasteiger partial charge in [-0.15, -0.1) is 0 Å². The predicted molar refractivity (Wildman–Crippen MR) is 63.8 cm³/mol. The third kappa shape index (κ3) is 2.13. The van der Waals surface area contributed by atoms with Crippen molar-refractivity contribution in [3.8, 4) is 0 Å². The van der Waals surface area contributed by atoms with E-state index in [1.807, 2.05) is 0 Å². The lowest BCUT2D eigenvalue weighted by Crippen LogP contribution is -2.16. The first-order chi connectivity index (χ1) is 7.89. The molecule has 5 nitrogen and oxygen atoms in total. The van der Waals surface area contributed by atoms with E-state index >= 15 is 0 Å². The Labute approximate surface area is 98.1 Å². The van der Waals surface area contributed by atoms with E-state index in [4.69, 9.17) is 10.9 Å². The van der Waals surface area contributed by atoms with Gasteiger partial charge in [-0.2, -0.15) is 0 Å². The lowest BCUT2D eigenvalue weighted by Gasteiger charge is -2.06. The zero-order valence-electron chi connectivity index (χ0n) is 8.75. The van der Waals surface area contributed by atoms with Gasteiger partial charge in [-0.05, 0) is 22.9 Å². The Bertz CT molecular complexity index is 708. The van der Waals surface area contributed by atoms with Gasteiger partial charge in [-0.1, -0.05) is 24.3 Å². The monoisotopic (exact) mass is 250 g/mol. The molecule has 6 heteroatoms. The number of sulfonamides is 1. The Morgan fingerprint density at radius 1 is 1.12 bits per heavy atom. The average molecular weight is 250 g/mol. The number of rotatable bonds is 2. The fourth-order valence-corrected chi connectivity index (χ4v) is 2.22. The maximum atomic E-state index is 11.3. The highest BCUT2D eigenvalue weighted by Crippen LogP contribution is 2.22. The molecule has 0 saturated carbocycles. The van der Waals surface area contributed by atoms with Crippen LogP contribution in [-0.4, -0.2) is 14.3 Å². The summed E-state index contributed by atoms with van der Waals surface area (Å²) in [5, 5.41) is 6.25. The Kier molecular flexibility index (Phi) is 2.60. The summed E-state index contributed by atoms with van der Waals surface area (Å²) < 4.78 is 22.6. The number of primary amides is 1. The van der Waals surface area contributed by atoms with E-state index in [9.17, 15) is 13.2 Å². The minimum Gasteiger partial charge on any atom is -0.366 e. The van der Waals surface area contributed by atoms with E-state index < -0.39 is 15.9 Å². The molecular weight excluding hydrogens is 240 g/mol. The van der Waals surface area contributed by atoms with Crippen molar-refractivity contribution in [2.75, 3.05) is 0 Å². The second kappa shape index (κ2) is 3.83. The molecule has 17 heavy (non-hydrogen) atoms. The topological polar surface area (TPSA) is 103 Å². The van der Waals surface area contributed by atoms with Crippen molar-refractivity contribution in [3.63, 3.8) is 0 Å². The molecule has 2 aromatic rings. The van der Waals surface area contributed by atoms with Gasteiger partial charge >= 0.3 is 0 Å². The average Bonchev–Trinajstić information content (AvgIpc) is 2.26. The van der Waals surface area contributed by atoms with Crippen LogP contribution in [0.3, 0.4) is 0 Å². The van der Waals surface area contributed by atoms with Crippen LogP contribution < -0.4 is 10.9 Å². The van der Waals surface area contributed by atoms with Crippen LogP contribution in [0.2, 0.25) is 0 Å². The molecule has 4 N–H and O–H groups in total. The first-order valence-electron chi connectivity index (χ1n) is 4.75. The largest absolute Gasteiger partial charge is 0.366 e. The number of primary sulfonamides is 1. The van der Waals surface area contributed by atoms with Gasteiger partial charge in [0, 0.05) is 5.56 Å². The minimum atomic E-state index is -3.86. The Balaban J connectivity index is 2.90. The van der Waals surface area contributed by atoms with Crippen LogP contribution in [0.25, 0.3) is 10.8 Å². The third-order valence-corrected chi connectivity index (χ3v) is 3.32. The van der Waals surface area contributed by atoms with Crippen LogP contribution in [0, 0.1) is 0 Å². The summed E-state index contributed by atoms with van der Waals surface area (Å²) >= 11 is 0. The third-order valence-electron chi connectivity index (χ3n) is 2.43. The van der Waals surface area contributed by atoms with Crippen molar-refractivity contribution in [1.29, 1.82) is 0 Å². The van der Waals surface area contributed by atoms with E-state index in [2.05, 4.69) is 0 Å². The number of carbonyl (C=O) groups excluding carboxylic acids is 1. The zero-order chi connectivity index (χ0) is 12.6. The van der Waals surface area contributed by atoms with E-state index in [0.29, 0.717) is 10.8 Å². The fraction of sp³-hybridized carbons (Fsp3) is 0. The van der Waals surface area contributed by atoms with Crippen molar-refractivity contribution in [2.45, 2.75) is 4.90 Å². The van der Waals surface area contributed by atoms with Gasteiger partial charge in [-0.3, -0.25) is 4.79 Å². The van der Waals surface area contributed by atoms with E-state index in [1.54, 1.807) is 24.3 Å². The SMILES string of the molecule is NC(=O)c1cc(S(N)(=O)=O)cc2ccccc12. The Morgan fingerprint density at radius 2 is 1.76 bits per heavy atom. The molecule has 0 aliphatic carbocycles. The first kappa shape index (κ1) is 11.6. The Morgan fingerprint density at radius 3 is 2.35 bits per heavy atom. The molecular formula is C11H10N2O3S. The summed E-state index contributed by atoms with van der Waals surface area (Å²) in [6.07, 6.45) is 0. The summed E-state index contributed by atoms with van der Waals surface area (Å²) in [7, 11) is -3.86. The molecule has 1 amide bonds. The van der Waals surface area contributed by atoms with E-state index in [1.165, 1.54) is 12.1 Å². The van der Waals surface area contributed by atoms with Crippen molar-refractivity contribution in [2.24, 2.45) is 10.9 Å². The molecule has 0 saturated heterocycles. The van der Waals surface area contributed by atoms with Gasteiger partial charge < -0.3 is 5.73 Å². The maximum Gasteiger partial charge on any atom is 0.249 e. The number of nitrogens with two attached hydrogens (primary N) is 2. The summed E-state index contributed by atoms with van der Waals surface area (Å²) in [6.45, 7) is 0. The molecule has 0 aliphatic rings. The molecule has 0 heterocycles. The summed E-state index contributed by atoms with van der Waals surface area (Å²) in [5.74, 6) is -0.688. The number of amides is 1. The molecule has 2 aromatic carbocycles. The highest BCUT2D eigenvalue weighted by atomic mass is 32.2. The second-order valence-corrected chi connectivity index (χ2v) is 5.16. The molecule has 0 fully saturated rings. The quantitative estimate of drug-likeness (QED) is 0.814. The van der Waals surface area contributed by atoms with Crippen molar-refractivity contribution in [1.82, 2.24) is 0 Å². The molecule has 0 aromatic heterocycles. The normalized spacial score (nSPS) is 11.6. The number of hydrogen-bond acceptors (Lipinski definition) is 3. The standard InChI is InChI=1S/C11H10N2O3S/c12-11(14)10-6-8(17(13,15)16)5-7-3-1-2-4-9(7)10/h1-6H,(H2,12,14)(H2,13,15,16). The molecule has 0 unspecified atom stereocenters. The fourth-order valence-electron chi connectivity index (χ4n) is 1.65. The van der Waals surface area contributed by atoms with E-state index in [0.717, 1.165) is 0 Å². The van der Waals surface area contributed by atoms with Gasteiger partial charge in [0.05, 0.1) is 4.90 Å². The summed E-state index contributed by atoms with van der Waals surface area (Å²) in [4.78, 5) is 11.2. The van der Waals surface area contributed by atoms with Gasteiger partial charge in [-0.25, -0.2) is 13.6 Å². The minimum absolute atomic E-state index is 0.120. The molecule has 88 valence electrons. The van der Waals surface area contributed by atoms with Crippen LogP contribution >= 0.6 is 0 Å². The van der Waals surface area contributed by atoms with Gasteiger partial charge in [0.1, 0.15) is 0 Å².